The Balaban J connectivity index is 2.39. The van der Waals surface area contributed by atoms with Gasteiger partial charge in [0.05, 0.1) is 6.04 Å². The van der Waals surface area contributed by atoms with Crippen LogP contribution in [0.15, 0.2) is 0 Å². The lowest BCUT2D eigenvalue weighted by molar-refractivity contribution is -0.134. The molecule has 0 bridgehead atoms. The molecule has 0 saturated carbocycles. The summed E-state index contributed by atoms with van der Waals surface area (Å²) in [6.07, 6.45) is 5.72. The van der Waals surface area contributed by atoms with Gasteiger partial charge in [0.2, 0.25) is 5.91 Å². The van der Waals surface area contributed by atoms with E-state index in [1.807, 2.05) is 11.2 Å². The molecule has 4 nitrogen and oxygen atoms in total. The topological polar surface area (TPSA) is 66.6 Å². The normalized spacial score (nSPS) is 22.5. The van der Waals surface area contributed by atoms with Crippen LogP contribution >= 0.6 is 11.8 Å². The summed E-state index contributed by atoms with van der Waals surface area (Å²) in [4.78, 5) is 14.0. The number of rotatable bonds is 6. The zero-order valence-corrected chi connectivity index (χ0v) is 11.4. The average molecular weight is 260 g/mol. The molecule has 1 saturated heterocycles. The number of thioether (sulfide) groups is 1. The van der Waals surface area contributed by atoms with Gasteiger partial charge in [-0.15, -0.1) is 0 Å². The monoisotopic (exact) mass is 260 g/mol. The molecule has 1 amide bonds. The first-order chi connectivity index (χ1) is 8.19. The molecule has 0 aliphatic carbocycles. The van der Waals surface area contributed by atoms with Crippen molar-refractivity contribution in [3.05, 3.63) is 0 Å². The molecule has 0 spiro atoms. The number of aliphatic hydroxyl groups excluding tert-OH is 1. The molecule has 5 heteroatoms. The van der Waals surface area contributed by atoms with Crippen LogP contribution in [0.2, 0.25) is 0 Å². The van der Waals surface area contributed by atoms with E-state index < -0.39 is 0 Å². The van der Waals surface area contributed by atoms with Gasteiger partial charge in [0, 0.05) is 19.7 Å². The maximum absolute atomic E-state index is 12.1. The van der Waals surface area contributed by atoms with Crippen LogP contribution in [0.5, 0.6) is 0 Å². The molecule has 2 atom stereocenters. The number of carbonyl (C=O) groups excluding carboxylic acids is 1. The van der Waals surface area contributed by atoms with Crippen LogP contribution in [0.3, 0.4) is 0 Å². The quantitative estimate of drug-likeness (QED) is 0.737. The fourth-order valence-electron chi connectivity index (χ4n) is 2.29. The summed E-state index contributed by atoms with van der Waals surface area (Å²) in [5, 5.41) is 8.94. The molecule has 0 aromatic carbocycles. The Bertz CT molecular complexity index is 237. The van der Waals surface area contributed by atoms with Crippen LogP contribution in [-0.4, -0.2) is 53.7 Å². The Labute approximate surface area is 108 Å². The van der Waals surface area contributed by atoms with Crippen molar-refractivity contribution in [3.63, 3.8) is 0 Å². The number of carbonyl (C=O) groups is 1. The summed E-state index contributed by atoms with van der Waals surface area (Å²) in [7, 11) is 0. The number of aliphatic hydroxyl groups is 1. The van der Waals surface area contributed by atoms with Gasteiger partial charge in [-0.05, 0) is 43.6 Å². The van der Waals surface area contributed by atoms with Gasteiger partial charge in [-0.2, -0.15) is 11.8 Å². The van der Waals surface area contributed by atoms with E-state index in [1.165, 1.54) is 0 Å². The fourth-order valence-corrected chi connectivity index (χ4v) is 2.78. The Morgan fingerprint density at radius 2 is 2.41 bits per heavy atom. The second-order valence-corrected chi connectivity index (χ2v) is 5.68. The largest absolute Gasteiger partial charge is 0.396 e. The molecule has 0 aromatic rings. The molecule has 17 heavy (non-hydrogen) atoms. The molecule has 1 rings (SSSR count). The Hall–Kier alpha value is -0.260. The summed E-state index contributed by atoms with van der Waals surface area (Å²) < 4.78 is 0. The number of piperidine rings is 1. The van der Waals surface area contributed by atoms with Crippen molar-refractivity contribution < 1.29 is 9.90 Å². The predicted molar refractivity (Wildman–Crippen MR) is 72.0 cm³/mol. The predicted octanol–water partition coefficient (Wildman–Crippen LogP) is 0.688. The molecular formula is C12H24N2O2S. The number of nitrogens with zero attached hydrogens (tertiary/aromatic N) is 1. The third-order valence-corrected chi connectivity index (χ3v) is 3.96. The zero-order chi connectivity index (χ0) is 12.7. The van der Waals surface area contributed by atoms with Crippen molar-refractivity contribution in [1.29, 1.82) is 0 Å². The first-order valence-electron chi connectivity index (χ1n) is 6.33. The van der Waals surface area contributed by atoms with E-state index in [2.05, 4.69) is 0 Å². The first kappa shape index (κ1) is 14.8. The van der Waals surface area contributed by atoms with Crippen molar-refractivity contribution in [2.24, 2.45) is 11.7 Å². The molecule has 3 N–H and O–H groups in total. The lowest BCUT2D eigenvalue weighted by Crippen LogP contribution is -2.48. The van der Waals surface area contributed by atoms with Crippen molar-refractivity contribution in [3.8, 4) is 0 Å². The molecular weight excluding hydrogens is 236 g/mol. The highest BCUT2D eigenvalue weighted by atomic mass is 32.2. The molecule has 1 heterocycles. The van der Waals surface area contributed by atoms with Gasteiger partial charge in [-0.3, -0.25) is 4.79 Å². The van der Waals surface area contributed by atoms with E-state index in [-0.39, 0.29) is 18.6 Å². The Kier molecular flexibility index (Phi) is 6.92. The highest BCUT2D eigenvalue weighted by molar-refractivity contribution is 7.98. The van der Waals surface area contributed by atoms with Gasteiger partial charge >= 0.3 is 0 Å². The van der Waals surface area contributed by atoms with Gasteiger partial charge in [0.1, 0.15) is 0 Å². The van der Waals surface area contributed by atoms with Crippen LogP contribution in [0.4, 0.5) is 0 Å². The first-order valence-corrected chi connectivity index (χ1v) is 7.72. The summed E-state index contributed by atoms with van der Waals surface area (Å²) >= 11 is 1.72. The van der Waals surface area contributed by atoms with Crippen LogP contribution < -0.4 is 5.73 Å². The second-order valence-electron chi connectivity index (χ2n) is 4.69. The molecule has 1 aliphatic heterocycles. The van der Waals surface area contributed by atoms with Crippen LogP contribution in [0.25, 0.3) is 0 Å². The van der Waals surface area contributed by atoms with Gasteiger partial charge in [-0.25, -0.2) is 0 Å². The van der Waals surface area contributed by atoms with Gasteiger partial charge in [0.15, 0.2) is 0 Å². The van der Waals surface area contributed by atoms with Crippen molar-refractivity contribution in [2.75, 3.05) is 31.7 Å². The molecule has 0 radical (unpaired) electrons. The number of hydrogen-bond acceptors (Lipinski definition) is 4. The van der Waals surface area contributed by atoms with E-state index in [0.29, 0.717) is 5.92 Å². The van der Waals surface area contributed by atoms with E-state index in [4.69, 9.17) is 10.8 Å². The highest BCUT2D eigenvalue weighted by Gasteiger charge is 2.26. The summed E-state index contributed by atoms with van der Waals surface area (Å²) in [6, 6.07) is -0.352. The van der Waals surface area contributed by atoms with Crippen LogP contribution in [0.1, 0.15) is 25.7 Å². The molecule has 0 aromatic heterocycles. The van der Waals surface area contributed by atoms with E-state index in [1.54, 1.807) is 11.8 Å². The lowest BCUT2D eigenvalue weighted by atomic mass is 9.94. The number of amides is 1. The van der Waals surface area contributed by atoms with Crippen LogP contribution in [0, 0.1) is 5.92 Å². The lowest BCUT2D eigenvalue weighted by Gasteiger charge is -2.34. The highest BCUT2D eigenvalue weighted by Crippen LogP contribution is 2.20. The minimum absolute atomic E-state index is 0.0849. The van der Waals surface area contributed by atoms with Gasteiger partial charge in [-0.1, -0.05) is 0 Å². The zero-order valence-electron chi connectivity index (χ0n) is 10.6. The molecule has 1 fully saturated rings. The molecule has 1 aliphatic rings. The summed E-state index contributed by atoms with van der Waals surface area (Å²) in [6.45, 7) is 1.81. The van der Waals surface area contributed by atoms with E-state index >= 15 is 0 Å². The third kappa shape index (κ3) is 4.85. The van der Waals surface area contributed by atoms with Gasteiger partial charge in [0.25, 0.3) is 0 Å². The maximum Gasteiger partial charge on any atom is 0.239 e. The Morgan fingerprint density at radius 3 is 3.06 bits per heavy atom. The fraction of sp³-hybridized carbons (Fsp3) is 0.917. The summed E-state index contributed by atoms with van der Waals surface area (Å²) in [5.41, 5.74) is 5.90. The van der Waals surface area contributed by atoms with Crippen LogP contribution in [-0.2, 0) is 4.79 Å². The minimum atomic E-state index is -0.352. The standard InChI is InChI=1S/C12H24N2O2S/c1-17-8-5-11(13)12(16)14-6-2-3-10(9-14)4-7-15/h10-11,15H,2-9,13H2,1H3/t10?,11-/m1/s1. The average Bonchev–Trinajstić information content (AvgIpc) is 2.35. The van der Waals surface area contributed by atoms with E-state index in [9.17, 15) is 4.79 Å². The molecule has 1 unspecified atom stereocenters. The van der Waals surface area contributed by atoms with Crippen molar-refractivity contribution in [2.45, 2.75) is 31.7 Å². The Morgan fingerprint density at radius 1 is 1.65 bits per heavy atom. The number of nitrogens with two attached hydrogens (primary N) is 1. The summed E-state index contributed by atoms with van der Waals surface area (Å²) in [5.74, 6) is 1.47. The maximum atomic E-state index is 12.1. The van der Waals surface area contributed by atoms with Gasteiger partial charge < -0.3 is 15.7 Å². The smallest absolute Gasteiger partial charge is 0.239 e. The van der Waals surface area contributed by atoms with Crippen molar-refractivity contribution >= 4 is 17.7 Å². The number of likely N-dealkylation sites (tertiary alicyclic amines) is 1. The second kappa shape index (κ2) is 7.95. The number of hydrogen-bond donors (Lipinski definition) is 2. The van der Waals surface area contributed by atoms with E-state index in [0.717, 1.165) is 44.5 Å². The minimum Gasteiger partial charge on any atom is -0.396 e. The third-order valence-electron chi connectivity index (χ3n) is 3.32. The molecule has 100 valence electrons. The SMILES string of the molecule is CSCC[C@@H](N)C(=O)N1CCCC(CCO)C1. The van der Waals surface area contributed by atoms with Crippen molar-refractivity contribution in [1.82, 2.24) is 4.90 Å².